The molecule has 5 heteroatoms. The Balaban J connectivity index is 2.17. The van der Waals surface area contributed by atoms with E-state index in [1.807, 2.05) is 56.3 Å². The maximum absolute atomic E-state index is 12.7. The highest BCUT2D eigenvalue weighted by atomic mass is 32.2. The first kappa shape index (κ1) is 20.9. The lowest BCUT2D eigenvalue weighted by atomic mass is 10.1. The molecule has 4 nitrogen and oxygen atoms in total. The van der Waals surface area contributed by atoms with Gasteiger partial charge in [0.2, 0.25) is 0 Å². The minimum absolute atomic E-state index is 0.338. The number of methoxy groups -OCH3 is 1. The van der Waals surface area contributed by atoms with Crippen molar-refractivity contribution in [3.05, 3.63) is 65.2 Å². The van der Waals surface area contributed by atoms with Gasteiger partial charge in [-0.05, 0) is 54.8 Å². The first-order valence-electron chi connectivity index (χ1n) is 9.00. The molecule has 1 atom stereocenters. The van der Waals surface area contributed by atoms with Crippen molar-refractivity contribution in [1.29, 1.82) is 0 Å². The van der Waals surface area contributed by atoms with Crippen LogP contribution in [0.1, 0.15) is 36.5 Å². The highest BCUT2D eigenvalue weighted by molar-refractivity contribution is 7.84. The van der Waals surface area contributed by atoms with Gasteiger partial charge >= 0.3 is 5.97 Å². The number of esters is 1. The van der Waals surface area contributed by atoms with Crippen LogP contribution in [0.25, 0.3) is 6.08 Å². The molecule has 0 heterocycles. The number of benzene rings is 2. The summed E-state index contributed by atoms with van der Waals surface area (Å²) in [6.07, 6.45) is 4.94. The third kappa shape index (κ3) is 6.68. The smallest absolute Gasteiger partial charge is 0.330 e. The van der Waals surface area contributed by atoms with E-state index in [2.05, 4.69) is 0 Å². The molecule has 27 heavy (non-hydrogen) atoms. The summed E-state index contributed by atoms with van der Waals surface area (Å²) in [7, 11) is 0.405. The second kappa shape index (κ2) is 10.7. The van der Waals surface area contributed by atoms with Gasteiger partial charge in [0, 0.05) is 11.0 Å². The Morgan fingerprint density at radius 1 is 1.15 bits per heavy atom. The van der Waals surface area contributed by atoms with Crippen LogP contribution in [0.4, 0.5) is 0 Å². The molecule has 0 N–H and O–H groups in total. The van der Waals surface area contributed by atoms with Crippen LogP contribution in [-0.4, -0.2) is 23.9 Å². The molecule has 2 rings (SSSR count). The van der Waals surface area contributed by atoms with Gasteiger partial charge in [0.05, 0.1) is 30.3 Å². The van der Waals surface area contributed by atoms with Crippen LogP contribution in [0.2, 0.25) is 0 Å². The SMILES string of the molecule is CCCCOC(=O)/C=C/c1ccc(OC)cc1CS(=O)c1ccc(C)cc1. The van der Waals surface area contributed by atoms with Crippen LogP contribution in [0, 0.1) is 6.92 Å². The molecule has 0 spiro atoms. The van der Waals surface area contributed by atoms with E-state index in [1.54, 1.807) is 13.2 Å². The molecular formula is C22H26O4S. The summed E-state index contributed by atoms with van der Waals surface area (Å²) in [5.74, 6) is 0.656. The van der Waals surface area contributed by atoms with E-state index < -0.39 is 10.8 Å². The van der Waals surface area contributed by atoms with Crippen LogP contribution in [-0.2, 0) is 26.1 Å². The zero-order valence-electron chi connectivity index (χ0n) is 16.1. The lowest BCUT2D eigenvalue weighted by molar-refractivity contribution is -0.137. The van der Waals surface area contributed by atoms with Crippen molar-refractivity contribution < 1.29 is 18.5 Å². The molecule has 1 unspecified atom stereocenters. The van der Waals surface area contributed by atoms with E-state index in [1.165, 1.54) is 6.08 Å². The van der Waals surface area contributed by atoms with Crippen molar-refractivity contribution in [2.45, 2.75) is 37.3 Å². The molecule has 0 saturated heterocycles. The Kier molecular flexibility index (Phi) is 8.27. The van der Waals surface area contributed by atoms with E-state index in [4.69, 9.17) is 9.47 Å². The summed E-state index contributed by atoms with van der Waals surface area (Å²) in [5, 5.41) is 0. The van der Waals surface area contributed by atoms with E-state index in [9.17, 15) is 9.00 Å². The number of unbranched alkanes of at least 4 members (excludes halogenated alkanes) is 1. The number of rotatable bonds is 9. The number of ether oxygens (including phenoxy) is 2. The van der Waals surface area contributed by atoms with Crippen molar-refractivity contribution in [3.8, 4) is 5.75 Å². The van der Waals surface area contributed by atoms with Gasteiger partial charge in [-0.15, -0.1) is 0 Å². The van der Waals surface area contributed by atoms with Crippen molar-refractivity contribution in [3.63, 3.8) is 0 Å². The molecule has 2 aromatic carbocycles. The normalized spacial score (nSPS) is 12.1. The molecule has 0 aliphatic heterocycles. The highest BCUT2D eigenvalue weighted by Crippen LogP contribution is 2.22. The number of aryl methyl sites for hydroxylation is 1. The van der Waals surface area contributed by atoms with Crippen LogP contribution < -0.4 is 4.74 Å². The quantitative estimate of drug-likeness (QED) is 0.357. The number of carbonyl (C=O) groups excluding carboxylic acids is 1. The van der Waals surface area contributed by atoms with Gasteiger partial charge < -0.3 is 9.47 Å². The molecule has 0 aromatic heterocycles. The average Bonchev–Trinajstić information content (AvgIpc) is 2.67. The topological polar surface area (TPSA) is 52.6 Å². The van der Waals surface area contributed by atoms with E-state index >= 15 is 0 Å². The van der Waals surface area contributed by atoms with Crippen LogP contribution in [0.3, 0.4) is 0 Å². The summed E-state index contributed by atoms with van der Waals surface area (Å²) in [6.45, 7) is 4.46. The summed E-state index contributed by atoms with van der Waals surface area (Å²) >= 11 is 0. The van der Waals surface area contributed by atoms with Crippen molar-refractivity contribution in [1.82, 2.24) is 0 Å². The minimum atomic E-state index is -1.19. The second-order valence-electron chi connectivity index (χ2n) is 6.22. The lowest BCUT2D eigenvalue weighted by Gasteiger charge is -2.09. The lowest BCUT2D eigenvalue weighted by Crippen LogP contribution is -2.02. The van der Waals surface area contributed by atoms with E-state index in [-0.39, 0.29) is 5.97 Å². The van der Waals surface area contributed by atoms with Gasteiger partial charge in [-0.25, -0.2) is 4.79 Å². The second-order valence-corrected chi connectivity index (χ2v) is 7.67. The Bertz CT molecular complexity index is 810. The van der Waals surface area contributed by atoms with Crippen LogP contribution in [0.5, 0.6) is 5.75 Å². The van der Waals surface area contributed by atoms with E-state index in [0.29, 0.717) is 18.1 Å². The van der Waals surface area contributed by atoms with E-state index in [0.717, 1.165) is 34.4 Å². The monoisotopic (exact) mass is 386 g/mol. The van der Waals surface area contributed by atoms with Gasteiger partial charge in [-0.3, -0.25) is 4.21 Å². The molecule has 0 saturated carbocycles. The molecule has 2 aromatic rings. The Morgan fingerprint density at radius 2 is 1.89 bits per heavy atom. The maximum atomic E-state index is 12.7. The van der Waals surface area contributed by atoms with Crippen molar-refractivity contribution in [2.75, 3.05) is 13.7 Å². The Morgan fingerprint density at radius 3 is 2.56 bits per heavy atom. The third-order valence-corrected chi connectivity index (χ3v) is 5.43. The predicted octanol–water partition coefficient (Wildman–Crippen LogP) is 4.67. The van der Waals surface area contributed by atoms with Gasteiger partial charge in [0.1, 0.15) is 5.75 Å². The number of carbonyl (C=O) groups is 1. The molecule has 0 bridgehead atoms. The van der Waals surface area contributed by atoms with Gasteiger partial charge in [-0.2, -0.15) is 0 Å². The molecule has 0 amide bonds. The summed E-state index contributed by atoms with van der Waals surface area (Å²) < 4.78 is 23.2. The first-order chi connectivity index (χ1) is 13.0. The zero-order chi connectivity index (χ0) is 19.6. The fourth-order valence-electron chi connectivity index (χ4n) is 2.43. The zero-order valence-corrected chi connectivity index (χ0v) is 16.9. The first-order valence-corrected chi connectivity index (χ1v) is 10.3. The van der Waals surface area contributed by atoms with Crippen LogP contribution >= 0.6 is 0 Å². The molecule has 0 fully saturated rings. The Hall–Kier alpha value is -2.40. The number of hydrogen-bond donors (Lipinski definition) is 0. The average molecular weight is 387 g/mol. The molecule has 0 aliphatic rings. The highest BCUT2D eigenvalue weighted by Gasteiger charge is 2.10. The summed E-state index contributed by atoms with van der Waals surface area (Å²) in [6, 6.07) is 13.2. The summed E-state index contributed by atoms with van der Waals surface area (Å²) in [4.78, 5) is 12.6. The largest absolute Gasteiger partial charge is 0.497 e. The molecule has 144 valence electrons. The fourth-order valence-corrected chi connectivity index (χ4v) is 3.57. The minimum Gasteiger partial charge on any atom is -0.497 e. The molecule has 0 radical (unpaired) electrons. The van der Waals surface area contributed by atoms with Gasteiger partial charge in [0.15, 0.2) is 0 Å². The standard InChI is InChI=1S/C22H26O4S/c1-4-5-14-26-22(23)13-9-18-8-10-20(25-3)15-19(18)16-27(24)21-11-6-17(2)7-12-21/h6-13,15H,4-5,14,16H2,1-3H3/b13-9+. The maximum Gasteiger partial charge on any atom is 0.330 e. The Labute approximate surface area is 163 Å². The van der Waals surface area contributed by atoms with Gasteiger partial charge in [0.25, 0.3) is 0 Å². The molecule has 0 aliphatic carbocycles. The van der Waals surface area contributed by atoms with Crippen LogP contribution in [0.15, 0.2) is 53.4 Å². The molecular weight excluding hydrogens is 360 g/mol. The third-order valence-electron chi connectivity index (χ3n) is 4.06. The predicted molar refractivity (Wildman–Crippen MR) is 109 cm³/mol. The van der Waals surface area contributed by atoms with Crippen molar-refractivity contribution in [2.24, 2.45) is 0 Å². The van der Waals surface area contributed by atoms with Crippen molar-refractivity contribution >= 4 is 22.8 Å². The van der Waals surface area contributed by atoms with Gasteiger partial charge in [-0.1, -0.05) is 37.1 Å². The summed E-state index contributed by atoms with van der Waals surface area (Å²) in [5.41, 5.74) is 2.80. The fraction of sp³-hybridized carbons (Fsp3) is 0.318. The number of hydrogen-bond acceptors (Lipinski definition) is 4.